The van der Waals surface area contributed by atoms with Crippen LogP contribution in [0.5, 0.6) is 0 Å². The zero-order valence-electron chi connectivity index (χ0n) is 20.8. The van der Waals surface area contributed by atoms with E-state index >= 15 is 0 Å². The summed E-state index contributed by atoms with van der Waals surface area (Å²) in [6.45, 7) is 3.41. The van der Waals surface area contributed by atoms with E-state index in [1.54, 1.807) is 0 Å². The molecule has 9 nitrogen and oxygen atoms in total. The Morgan fingerprint density at radius 3 is 2.47 bits per heavy atom. The van der Waals surface area contributed by atoms with Crippen molar-refractivity contribution in [2.24, 2.45) is 5.92 Å². The number of tetrazole rings is 1. The van der Waals surface area contributed by atoms with Crippen molar-refractivity contribution in [3.63, 3.8) is 0 Å². The molecule has 0 spiro atoms. The molecule has 202 valence electrons. The summed E-state index contributed by atoms with van der Waals surface area (Å²) in [5.74, 6) is 6.07. The van der Waals surface area contributed by atoms with Gasteiger partial charge in [0, 0.05) is 12.5 Å². The molecular weight excluding hydrogens is 523 g/mol. The second-order valence-electron chi connectivity index (χ2n) is 9.87. The van der Waals surface area contributed by atoms with Gasteiger partial charge in [-0.2, -0.15) is 18.4 Å². The zero-order chi connectivity index (χ0) is 27.5. The molecule has 0 radical (unpaired) electrons. The summed E-state index contributed by atoms with van der Waals surface area (Å²) < 4.78 is 40.3. The third kappa shape index (κ3) is 6.90. The Morgan fingerprint density at radius 1 is 1.21 bits per heavy atom. The number of benzene rings is 1. The van der Waals surface area contributed by atoms with E-state index in [0.29, 0.717) is 17.9 Å². The van der Waals surface area contributed by atoms with Crippen LogP contribution in [-0.4, -0.2) is 53.3 Å². The molecule has 4 rings (SSSR count). The van der Waals surface area contributed by atoms with Gasteiger partial charge in [0.15, 0.2) is 5.82 Å². The van der Waals surface area contributed by atoms with Crippen LogP contribution >= 0.6 is 11.6 Å². The molecule has 1 aliphatic rings. The molecule has 13 heteroatoms. The number of hydrogen-bond acceptors (Lipinski definition) is 6. The van der Waals surface area contributed by atoms with Crippen LogP contribution < -0.4 is 5.32 Å². The summed E-state index contributed by atoms with van der Waals surface area (Å²) in [6, 6.07) is 4.59. The van der Waals surface area contributed by atoms with Gasteiger partial charge in [-0.1, -0.05) is 23.3 Å². The standard InChI is InChI=1S/C25H27ClF3N7O2/c1-24(2,38)12-11-19-20(22(37)30-13-15-3-7-17(8-4-15)21-32-34-35-33-21)36(23(26)31-19)14-16-5-9-18(10-6-16)25(27,28)29/h5-6,9-10,15,17,38H,3-4,7-8,13-14H2,1-2H3,(H,30,37)(H,32,33,34,35). The topological polar surface area (TPSA) is 122 Å². The number of amides is 1. The monoisotopic (exact) mass is 549 g/mol. The Kier molecular flexibility index (Phi) is 8.08. The Hall–Kier alpha value is -3.43. The lowest BCUT2D eigenvalue weighted by molar-refractivity contribution is -0.137. The minimum absolute atomic E-state index is 0.00668. The van der Waals surface area contributed by atoms with Crippen LogP contribution in [-0.2, 0) is 12.7 Å². The van der Waals surface area contributed by atoms with Gasteiger partial charge in [0.2, 0.25) is 5.28 Å². The van der Waals surface area contributed by atoms with Crippen molar-refractivity contribution in [3.05, 3.63) is 57.9 Å². The van der Waals surface area contributed by atoms with Crippen molar-refractivity contribution in [1.82, 2.24) is 35.5 Å². The average Bonchev–Trinajstić information content (AvgIpc) is 3.50. The Morgan fingerprint density at radius 2 is 1.89 bits per heavy atom. The summed E-state index contributed by atoms with van der Waals surface area (Å²) in [7, 11) is 0. The van der Waals surface area contributed by atoms with Crippen LogP contribution in [0.1, 0.15) is 78.6 Å². The van der Waals surface area contributed by atoms with E-state index < -0.39 is 23.2 Å². The minimum Gasteiger partial charge on any atom is -0.378 e. The van der Waals surface area contributed by atoms with Gasteiger partial charge < -0.3 is 15.0 Å². The fraction of sp³-hybridized carbons (Fsp3) is 0.480. The highest BCUT2D eigenvalue weighted by Crippen LogP contribution is 2.34. The van der Waals surface area contributed by atoms with Gasteiger partial charge in [0.25, 0.3) is 5.91 Å². The molecule has 1 aliphatic carbocycles. The third-order valence-electron chi connectivity index (χ3n) is 6.37. The van der Waals surface area contributed by atoms with Gasteiger partial charge >= 0.3 is 6.18 Å². The molecule has 0 aliphatic heterocycles. The molecule has 2 heterocycles. The fourth-order valence-corrected chi connectivity index (χ4v) is 4.60. The molecule has 0 unspecified atom stereocenters. The first-order valence-electron chi connectivity index (χ1n) is 12.1. The van der Waals surface area contributed by atoms with Crippen LogP contribution in [0.2, 0.25) is 5.28 Å². The number of rotatable bonds is 6. The highest BCUT2D eigenvalue weighted by molar-refractivity contribution is 6.29. The van der Waals surface area contributed by atoms with Crippen molar-refractivity contribution in [1.29, 1.82) is 0 Å². The number of aliphatic hydroxyl groups is 1. The molecule has 38 heavy (non-hydrogen) atoms. The normalized spacial score (nSPS) is 18.1. The van der Waals surface area contributed by atoms with E-state index in [0.717, 1.165) is 37.8 Å². The smallest absolute Gasteiger partial charge is 0.378 e. The van der Waals surface area contributed by atoms with E-state index in [1.807, 2.05) is 0 Å². The van der Waals surface area contributed by atoms with Crippen molar-refractivity contribution in [2.75, 3.05) is 6.54 Å². The van der Waals surface area contributed by atoms with E-state index in [4.69, 9.17) is 11.6 Å². The summed E-state index contributed by atoms with van der Waals surface area (Å²) in [6.07, 6.45) is -0.965. The Balaban J connectivity index is 1.51. The molecule has 0 saturated heterocycles. The number of halogens is 4. The molecular formula is C25H27ClF3N7O2. The number of aromatic nitrogens is 6. The summed E-state index contributed by atoms with van der Waals surface area (Å²) in [5, 5.41) is 27.1. The molecule has 0 bridgehead atoms. The van der Waals surface area contributed by atoms with E-state index in [2.05, 4.69) is 42.8 Å². The molecule has 1 aromatic carbocycles. The van der Waals surface area contributed by atoms with E-state index in [9.17, 15) is 23.1 Å². The molecule has 2 aromatic heterocycles. The number of hydrogen-bond donors (Lipinski definition) is 3. The SMILES string of the molecule is CC(C)(O)C#Cc1nc(Cl)n(Cc2ccc(C(F)(F)F)cc2)c1C(=O)NCC1CCC(c2nn[nH]n2)CC1. The largest absolute Gasteiger partial charge is 0.416 e. The maximum atomic E-state index is 13.4. The number of nitrogens with zero attached hydrogens (tertiary/aromatic N) is 5. The van der Waals surface area contributed by atoms with Crippen LogP contribution in [0.25, 0.3) is 0 Å². The number of imidazole rings is 1. The van der Waals surface area contributed by atoms with E-state index in [1.165, 1.54) is 30.5 Å². The highest BCUT2D eigenvalue weighted by atomic mass is 35.5. The molecule has 1 amide bonds. The number of H-pyrrole nitrogens is 1. The second kappa shape index (κ2) is 11.1. The quantitative estimate of drug-likeness (QED) is 0.400. The van der Waals surface area contributed by atoms with Crippen molar-refractivity contribution in [3.8, 4) is 11.8 Å². The average molecular weight is 550 g/mol. The van der Waals surface area contributed by atoms with Crippen LogP contribution in [0.15, 0.2) is 24.3 Å². The highest BCUT2D eigenvalue weighted by Gasteiger charge is 2.30. The molecule has 1 saturated carbocycles. The predicted molar refractivity (Wildman–Crippen MR) is 132 cm³/mol. The maximum Gasteiger partial charge on any atom is 0.416 e. The van der Waals surface area contributed by atoms with Crippen LogP contribution in [0.3, 0.4) is 0 Å². The van der Waals surface area contributed by atoms with Crippen LogP contribution in [0.4, 0.5) is 13.2 Å². The summed E-state index contributed by atoms with van der Waals surface area (Å²) in [5.41, 5.74) is -1.47. The van der Waals surface area contributed by atoms with Crippen molar-refractivity contribution < 1.29 is 23.1 Å². The Labute approximate surface area is 222 Å². The van der Waals surface area contributed by atoms with E-state index in [-0.39, 0.29) is 35.1 Å². The van der Waals surface area contributed by atoms with Crippen molar-refractivity contribution in [2.45, 2.75) is 63.8 Å². The first-order valence-corrected chi connectivity index (χ1v) is 12.5. The lowest BCUT2D eigenvalue weighted by Gasteiger charge is -2.26. The third-order valence-corrected chi connectivity index (χ3v) is 6.66. The van der Waals surface area contributed by atoms with Gasteiger partial charge in [0.1, 0.15) is 17.0 Å². The van der Waals surface area contributed by atoms with Gasteiger partial charge in [-0.25, -0.2) is 4.98 Å². The predicted octanol–water partition coefficient (Wildman–Crippen LogP) is 3.94. The summed E-state index contributed by atoms with van der Waals surface area (Å²) in [4.78, 5) is 17.6. The molecule has 0 atom stereocenters. The number of carbonyl (C=O) groups is 1. The molecule has 3 N–H and O–H groups in total. The molecule has 3 aromatic rings. The number of alkyl halides is 3. The number of nitrogens with one attached hydrogen (secondary N) is 2. The molecule has 1 fully saturated rings. The van der Waals surface area contributed by atoms with Gasteiger partial charge in [-0.15, -0.1) is 10.2 Å². The first kappa shape index (κ1) is 27.6. The minimum atomic E-state index is -4.46. The van der Waals surface area contributed by atoms with Gasteiger partial charge in [0.05, 0.1) is 12.1 Å². The van der Waals surface area contributed by atoms with Crippen molar-refractivity contribution >= 4 is 17.5 Å². The number of carbonyl (C=O) groups excluding carboxylic acids is 1. The van der Waals surface area contributed by atoms with Crippen LogP contribution in [0, 0.1) is 17.8 Å². The zero-order valence-corrected chi connectivity index (χ0v) is 21.6. The first-order chi connectivity index (χ1) is 17.9. The van der Waals surface area contributed by atoms with Gasteiger partial charge in [-0.3, -0.25) is 4.79 Å². The maximum absolute atomic E-state index is 13.4. The lowest BCUT2D eigenvalue weighted by atomic mass is 9.81. The fourth-order valence-electron chi connectivity index (χ4n) is 4.37. The number of aromatic amines is 1. The Bertz CT molecular complexity index is 1310. The summed E-state index contributed by atoms with van der Waals surface area (Å²) >= 11 is 6.35. The lowest BCUT2D eigenvalue weighted by Crippen LogP contribution is -2.33. The van der Waals surface area contributed by atoms with Gasteiger partial charge in [-0.05, 0) is 80.7 Å². The second-order valence-corrected chi connectivity index (χ2v) is 10.2.